The van der Waals surface area contributed by atoms with Gasteiger partial charge in [0.2, 0.25) is 5.91 Å². The van der Waals surface area contributed by atoms with E-state index in [1.807, 2.05) is 0 Å². The summed E-state index contributed by atoms with van der Waals surface area (Å²) in [6, 6.07) is 4.19. The molecule has 0 spiro atoms. The number of methoxy groups -OCH3 is 1. The summed E-state index contributed by atoms with van der Waals surface area (Å²) in [5, 5.41) is 12.0. The number of halogens is 2. The SMILES string of the molecule is COCC(O)CCNC(=O)/C=C/c1ccc(F)c(Cl)c1. The van der Waals surface area contributed by atoms with Gasteiger partial charge in [-0.3, -0.25) is 4.79 Å². The minimum absolute atomic E-state index is 0.00949. The van der Waals surface area contributed by atoms with Crippen molar-refractivity contribution in [2.75, 3.05) is 20.3 Å². The van der Waals surface area contributed by atoms with E-state index in [0.29, 0.717) is 18.5 Å². The zero-order chi connectivity index (χ0) is 15.0. The molecule has 0 fully saturated rings. The molecule has 1 atom stereocenters. The van der Waals surface area contributed by atoms with Gasteiger partial charge in [0, 0.05) is 19.7 Å². The summed E-state index contributed by atoms with van der Waals surface area (Å²) in [5.41, 5.74) is 0.631. The predicted molar refractivity (Wildman–Crippen MR) is 76.0 cm³/mol. The Morgan fingerprint density at radius 1 is 1.60 bits per heavy atom. The first-order chi connectivity index (χ1) is 9.52. The van der Waals surface area contributed by atoms with Crippen molar-refractivity contribution in [3.05, 3.63) is 40.7 Å². The number of amides is 1. The third-order valence-corrected chi connectivity index (χ3v) is 2.80. The molecule has 0 heterocycles. The number of rotatable bonds is 7. The van der Waals surface area contributed by atoms with Gasteiger partial charge >= 0.3 is 0 Å². The van der Waals surface area contributed by atoms with Crippen LogP contribution in [0.3, 0.4) is 0 Å². The lowest BCUT2D eigenvalue weighted by Gasteiger charge is -2.08. The van der Waals surface area contributed by atoms with Crippen molar-refractivity contribution in [2.24, 2.45) is 0 Å². The highest BCUT2D eigenvalue weighted by molar-refractivity contribution is 6.30. The largest absolute Gasteiger partial charge is 0.391 e. The van der Waals surface area contributed by atoms with Gasteiger partial charge in [-0.25, -0.2) is 4.39 Å². The van der Waals surface area contributed by atoms with Crippen LogP contribution in [-0.2, 0) is 9.53 Å². The van der Waals surface area contributed by atoms with Crippen molar-refractivity contribution in [3.63, 3.8) is 0 Å². The predicted octanol–water partition coefficient (Wildman–Crippen LogP) is 2.01. The molecule has 1 aromatic carbocycles. The molecular weight excluding hydrogens is 285 g/mol. The number of hydrogen-bond acceptors (Lipinski definition) is 3. The Balaban J connectivity index is 2.38. The molecule has 1 unspecified atom stereocenters. The maximum absolute atomic E-state index is 12.9. The van der Waals surface area contributed by atoms with Gasteiger partial charge in [0.15, 0.2) is 0 Å². The lowest BCUT2D eigenvalue weighted by molar-refractivity contribution is -0.116. The number of carbonyl (C=O) groups is 1. The van der Waals surface area contributed by atoms with Crippen LogP contribution in [0.4, 0.5) is 4.39 Å². The highest BCUT2D eigenvalue weighted by atomic mass is 35.5. The van der Waals surface area contributed by atoms with Crippen LogP contribution >= 0.6 is 11.6 Å². The molecule has 0 aliphatic carbocycles. The summed E-state index contributed by atoms with van der Waals surface area (Å²) >= 11 is 5.63. The Bertz CT molecular complexity index is 479. The standard InChI is InChI=1S/C14H17ClFNO3/c1-20-9-11(18)6-7-17-14(19)5-3-10-2-4-13(16)12(15)8-10/h2-5,8,11,18H,6-7,9H2,1H3,(H,17,19)/b5-3+. The number of aliphatic hydroxyl groups is 1. The molecule has 1 aromatic rings. The van der Waals surface area contributed by atoms with Crippen molar-refractivity contribution in [1.29, 1.82) is 0 Å². The Labute approximate surface area is 122 Å². The van der Waals surface area contributed by atoms with Gasteiger partial charge in [0.05, 0.1) is 17.7 Å². The van der Waals surface area contributed by atoms with Crippen molar-refractivity contribution in [3.8, 4) is 0 Å². The fraction of sp³-hybridized carbons (Fsp3) is 0.357. The lowest BCUT2D eigenvalue weighted by Crippen LogP contribution is -2.27. The number of carbonyl (C=O) groups excluding carboxylic acids is 1. The molecule has 1 amide bonds. The third-order valence-electron chi connectivity index (χ3n) is 2.51. The molecular formula is C14H17ClFNO3. The molecule has 0 saturated heterocycles. The average molecular weight is 302 g/mol. The number of nitrogens with one attached hydrogen (secondary N) is 1. The number of hydrogen-bond donors (Lipinski definition) is 2. The molecule has 4 nitrogen and oxygen atoms in total. The van der Waals surface area contributed by atoms with Crippen molar-refractivity contribution < 1.29 is 19.0 Å². The summed E-state index contributed by atoms with van der Waals surface area (Å²) in [5.74, 6) is -0.796. The van der Waals surface area contributed by atoms with Crippen LogP contribution < -0.4 is 5.32 Å². The first-order valence-corrected chi connectivity index (χ1v) is 6.48. The molecule has 6 heteroatoms. The smallest absolute Gasteiger partial charge is 0.244 e. The Morgan fingerprint density at radius 3 is 3.00 bits per heavy atom. The van der Waals surface area contributed by atoms with Gasteiger partial charge in [-0.2, -0.15) is 0 Å². The molecule has 110 valence electrons. The molecule has 0 aliphatic heterocycles. The summed E-state index contributed by atoms with van der Waals surface area (Å²) < 4.78 is 17.7. The zero-order valence-corrected chi connectivity index (χ0v) is 11.9. The molecule has 0 aromatic heterocycles. The first-order valence-electron chi connectivity index (χ1n) is 6.11. The summed E-state index contributed by atoms with van der Waals surface area (Å²) in [7, 11) is 1.50. The molecule has 0 radical (unpaired) electrons. The minimum atomic E-state index is -0.597. The van der Waals surface area contributed by atoms with Crippen LogP contribution in [0.5, 0.6) is 0 Å². The van der Waals surface area contributed by atoms with Gasteiger partial charge in [0.25, 0.3) is 0 Å². The van der Waals surface area contributed by atoms with Crippen LogP contribution in [0.1, 0.15) is 12.0 Å². The average Bonchev–Trinajstić information content (AvgIpc) is 2.40. The van der Waals surface area contributed by atoms with Crippen LogP contribution in [0.15, 0.2) is 24.3 Å². The van der Waals surface area contributed by atoms with Gasteiger partial charge in [-0.15, -0.1) is 0 Å². The number of aliphatic hydroxyl groups excluding tert-OH is 1. The van der Waals surface area contributed by atoms with Gasteiger partial charge in [0.1, 0.15) is 5.82 Å². The fourth-order valence-electron chi connectivity index (χ4n) is 1.48. The Hall–Kier alpha value is -1.43. The number of benzene rings is 1. The topological polar surface area (TPSA) is 58.6 Å². The van der Waals surface area contributed by atoms with E-state index in [0.717, 1.165) is 0 Å². The van der Waals surface area contributed by atoms with E-state index in [1.54, 1.807) is 0 Å². The molecule has 0 saturated carbocycles. The lowest BCUT2D eigenvalue weighted by atomic mass is 10.2. The molecule has 20 heavy (non-hydrogen) atoms. The van der Waals surface area contributed by atoms with Crippen molar-refractivity contribution in [2.45, 2.75) is 12.5 Å². The van der Waals surface area contributed by atoms with Gasteiger partial charge in [-0.05, 0) is 30.2 Å². The second-order valence-corrected chi connectivity index (χ2v) is 4.60. The monoisotopic (exact) mass is 301 g/mol. The highest BCUT2D eigenvalue weighted by Crippen LogP contribution is 2.16. The molecule has 0 bridgehead atoms. The van der Waals surface area contributed by atoms with Gasteiger partial charge in [-0.1, -0.05) is 17.7 Å². The maximum atomic E-state index is 12.9. The Morgan fingerprint density at radius 2 is 2.35 bits per heavy atom. The van der Waals surface area contributed by atoms with Crippen LogP contribution in [-0.4, -0.2) is 37.4 Å². The molecule has 2 N–H and O–H groups in total. The van der Waals surface area contributed by atoms with Crippen LogP contribution in [0, 0.1) is 5.82 Å². The van der Waals surface area contributed by atoms with Crippen molar-refractivity contribution in [1.82, 2.24) is 5.32 Å². The van der Waals surface area contributed by atoms with E-state index < -0.39 is 11.9 Å². The number of ether oxygens (including phenoxy) is 1. The van der Waals surface area contributed by atoms with E-state index in [1.165, 1.54) is 37.5 Å². The van der Waals surface area contributed by atoms with Crippen LogP contribution in [0.25, 0.3) is 6.08 Å². The maximum Gasteiger partial charge on any atom is 0.244 e. The van der Waals surface area contributed by atoms with E-state index in [4.69, 9.17) is 16.3 Å². The molecule has 0 aliphatic rings. The summed E-state index contributed by atoms with van der Waals surface area (Å²) in [6.45, 7) is 0.581. The second-order valence-electron chi connectivity index (χ2n) is 4.20. The third kappa shape index (κ3) is 6.14. The minimum Gasteiger partial charge on any atom is -0.391 e. The zero-order valence-electron chi connectivity index (χ0n) is 11.1. The van der Waals surface area contributed by atoms with E-state index in [-0.39, 0.29) is 17.5 Å². The van der Waals surface area contributed by atoms with Gasteiger partial charge < -0.3 is 15.2 Å². The fourth-order valence-corrected chi connectivity index (χ4v) is 1.67. The molecule has 1 rings (SSSR count). The Kier molecular flexibility index (Phi) is 7.22. The van der Waals surface area contributed by atoms with E-state index in [9.17, 15) is 14.3 Å². The highest BCUT2D eigenvalue weighted by Gasteiger charge is 2.03. The van der Waals surface area contributed by atoms with Crippen molar-refractivity contribution >= 4 is 23.6 Å². The first kappa shape index (κ1) is 16.6. The normalized spacial score (nSPS) is 12.6. The van der Waals surface area contributed by atoms with E-state index >= 15 is 0 Å². The quantitative estimate of drug-likeness (QED) is 0.757. The van der Waals surface area contributed by atoms with Crippen LogP contribution in [0.2, 0.25) is 5.02 Å². The second kappa shape index (κ2) is 8.68. The van der Waals surface area contributed by atoms with E-state index in [2.05, 4.69) is 5.32 Å². The summed E-state index contributed by atoms with van der Waals surface area (Å²) in [4.78, 5) is 11.5. The summed E-state index contributed by atoms with van der Waals surface area (Å²) in [6.07, 6.45) is 2.68.